The molecule has 1 N–H and O–H groups in total. The van der Waals surface area contributed by atoms with Gasteiger partial charge in [0.05, 0.1) is 26.0 Å². The minimum absolute atomic E-state index is 0.713. The van der Waals surface area contributed by atoms with Gasteiger partial charge in [-0.1, -0.05) is 6.07 Å². The summed E-state index contributed by atoms with van der Waals surface area (Å²) in [5.74, 6) is 0. The third kappa shape index (κ3) is 3.14. The third-order valence-electron chi connectivity index (χ3n) is 4.48. The molecule has 2 aliphatic rings. The van der Waals surface area contributed by atoms with E-state index in [0.29, 0.717) is 6.04 Å². The Morgan fingerprint density at radius 2 is 1.90 bits per heavy atom. The lowest BCUT2D eigenvalue weighted by atomic mass is 10.0. The minimum Gasteiger partial charge on any atom is -0.379 e. The Kier molecular flexibility index (Phi) is 4.55. The zero-order valence-electron chi connectivity index (χ0n) is 12.2. The molecule has 1 aromatic rings. The number of aryl methyl sites for hydroxylation is 2. The molecule has 1 unspecified atom stereocenters. The SMILES string of the molecule is CONc1ccc2c(c1)CCC(N1CCOCC1)CC2. The van der Waals surface area contributed by atoms with Gasteiger partial charge < -0.3 is 4.74 Å². The van der Waals surface area contributed by atoms with Crippen LogP contribution in [0.5, 0.6) is 0 Å². The second-order valence-corrected chi connectivity index (χ2v) is 5.67. The van der Waals surface area contributed by atoms with Crippen LogP contribution in [0.25, 0.3) is 0 Å². The zero-order chi connectivity index (χ0) is 13.8. The standard InChI is InChI=1S/C16H24N2O2/c1-19-17-15-5-2-13-3-6-16(7-4-14(13)12-15)18-8-10-20-11-9-18/h2,5,12,16-17H,3-4,6-11H2,1H3. The molecule has 20 heavy (non-hydrogen) atoms. The fourth-order valence-corrected chi connectivity index (χ4v) is 3.38. The lowest BCUT2D eigenvalue weighted by Crippen LogP contribution is -2.43. The molecule has 0 aromatic heterocycles. The van der Waals surface area contributed by atoms with Gasteiger partial charge in [-0.25, -0.2) is 0 Å². The highest BCUT2D eigenvalue weighted by molar-refractivity contribution is 5.47. The monoisotopic (exact) mass is 276 g/mol. The summed E-state index contributed by atoms with van der Waals surface area (Å²) >= 11 is 0. The quantitative estimate of drug-likeness (QED) is 0.678. The van der Waals surface area contributed by atoms with E-state index in [1.165, 1.54) is 30.4 Å². The zero-order valence-corrected chi connectivity index (χ0v) is 12.2. The van der Waals surface area contributed by atoms with Gasteiger partial charge in [0, 0.05) is 19.1 Å². The molecule has 3 rings (SSSR count). The maximum Gasteiger partial charge on any atom is 0.0636 e. The number of benzene rings is 1. The summed E-state index contributed by atoms with van der Waals surface area (Å²) in [6.45, 7) is 3.98. The molecular weight excluding hydrogens is 252 g/mol. The summed E-state index contributed by atoms with van der Waals surface area (Å²) in [6.07, 6.45) is 4.87. The Morgan fingerprint density at radius 1 is 1.15 bits per heavy atom. The minimum atomic E-state index is 0.713. The van der Waals surface area contributed by atoms with Gasteiger partial charge in [0.25, 0.3) is 0 Å². The van der Waals surface area contributed by atoms with Crippen molar-refractivity contribution in [2.24, 2.45) is 0 Å². The molecule has 1 aromatic carbocycles. The van der Waals surface area contributed by atoms with Gasteiger partial charge in [0.15, 0.2) is 0 Å². The molecule has 0 saturated carbocycles. The largest absolute Gasteiger partial charge is 0.379 e. The van der Waals surface area contributed by atoms with Crippen LogP contribution in [0, 0.1) is 0 Å². The van der Waals surface area contributed by atoms with Crippen molar-refractivity contribution in [2.75, 3.05) is 38.9 Å². The van der Waals surface area contributed by atoms with Crippen LogP contribution in [-0.2, 0) is 22.4 Å². The first-order valence-corrected chi connectivity index (χ1v) is 7.59. The summed E-state index contributed by atoms with van der Waals surface area (Å²) in [4.78, 5) is 7.61. The first-order valence-electron chi connectivity index (χ1n) is 7.59. The highest BCUT2D eigenvalue weighted by Gasteiger charge is 2.23. The van der Waals surface area contributed by atoms with Gasteiger partial charge in [-0.2, -0.15) is 0 Å². The molecule has 0 spiro atoms. The van der Waals surface area contributed by atoms with Gasteiger partial charge >= 0.3 is 0 Å². The van der Waals surface area contributed by atoms with Crippen LogP contribution >= 0.6 is 0 Å². The van der Waals surface area contributed by atoms with Gasteiger partial charge in [-0.3, -0.25) is 15.2 Å². The van der Waals surface area contributed by atoms with Crippen LogP contribution in [0.2, 0.25) is 0 Å². The second kappa shape index (κ2) is 6.57. The predicted molar refractivity (Wildman–Crippen MR) is 79.9 cm³/mol. The topological polar surface area (TPSA) is 33.7 Å². The normalized spacial score (nSPS) is 23.9. The average molecular weight is 276 g/mol. The van der Waals surface area contributed by atoms with Gasteiger partial charge in [-0.15, -0.1) is 0 Å². The number of morpholine rings is 1. The third-order valence-corrected chi connectivity index (χ3v) is 4.48. The summed E-state index contributed by atoms with van der Waals surface area (Å²) in [6, 6.07) is 7.31. The van der Waals surface area contributed by atoms with Crippen molar-refractivity contribution in [3.8, 4) is 0 Å². The lowest BCUT2D eigenvalue weighted by Gasteiger charge is -2.33. The fourth-order valence-electron chi connectivity index (χ4n) is 3.38. The van der Waals surface area contributed by atoms with E-state index in [1.54, 1.807) is 7.11 Å². The number of rotatable bonds is 3. The Balaban J connectivity index is 1.67. The van der Waals surface area contributed by atoms with Crippen LogP contribution in [0.3, 0.4) is 0 Å². The summed E-state index contributed by atoms with van der Waals surface area (Å²) in [5, 5.41) is 0. The van der Waals surface area contributed by atoms with Crippen LogP contribution in [0.4, 0.5) is 5.69 Å². The lowest BCUT2D eigenvalue weighted by molar-refractivity contribution is 0.0136. The number of anilines is 1. The Hall–Kier alpha value is -1.10. The van der Waals surface area contributed by atoms with Crippen molar-refractivity contribution >= 4 is 5.69 Å². The van der Waals surface area contributed by atoms with E-state index in [9.17, 15) is 0 Å². The van der Waals surface area contributed by atoms with E-state index in [1.807, 2.05) is 0 Å². The second-order valence-electron chi connectivity index (χ2n) is 5.67. The van der Waals surface area contributed by atoms with Gasteiger partial charge in [0.2, 0.25) is 0 Å². The Bertz CT molecular complexity index is 444. The first-order chi connectivity index (χ1) is 9.86. The summed E-state index contributed by atoms with van der Waals surface area (Å²) < 4.78 is 5.46. The molecule has 1 fully saturated rings. The van der Waals surface area contributed by atoms with Crippen molar-refractivity contribution in [3.05, 3.63) is 29.3 Å². The number of hydrogen-bond acceptors (Lipinski definition) is 4. The first kappa shape index (κ1) is 13.9. The van der Waals surface area contributed by atoms with E-state index in [0.717, 1.165) is 38.4 Å². The molecule has 4 nitrogen and oxygen atoms in total. The molecule has 1 aliphatic heterocycles. The number of nitrogens with one attached hydrogen (secondary N) is 1. The molecule has 1 heterocycles. The highest BCUT2D eigenvalue weighted by Crippen LogP contribution is 2.26. The molecular formula is C16H24N2O2. The molecule has 4 heteroatoms. The van der Waals surface area contributed by atoms with Crippen LogP contribution < -0.4 is 5.48 Å². The molecule has 0 bridgehead atoms. The van der Waals surface area contributed by atoms with Gasteiger partial charge in [-0.05, 0) is 48.9 Å². The van der Waals surface area contributed by atoms with Crippen LogP contribution in [0.1, 0.15) is 24.0 Å². The molecule has 0 amide bonds. The average Bonchev–Trinajstić information content (AvgIpc) is 2.71. The fraction of sp³-hybridized carbons (Fsp3) is 0.625. The van der Waals surface area contributed by atoms with Crippen molar-refractivity contribution in [1.29, 1.82) is 0 Å². The van der Waals surface area contributed by atoms with Crippen LogP contribution in [0.15, 0.2) is 18.2 Å². The van der Waals surface area contributed by atoms with E-state index in [-0.39, 0.29) is 0 Å². The molecule has 0 radical (unpaired) electrons. The van der Waals surface area contributed by atoms with Crippen molar-refractivity contribution in [2.45, 2.75) is 31.7 Å². The summed E-state index contributed by atoms with van der Waals surface area (Å²) in [5.41, 5.74) is 6.95. The predicted octanol–water partition coefficient (Wildman–Crippen LogP) is 2.24. The molecule has 1 aliphatic carbocycles. The van der Waals surface area contributed by atoms with Crippen molar-refractivity contribution in [1.82, 2.24) is 4.90 Å². The van der Waals surface area contributed by atoms with Gasteiger partial charge in [0.1, 0.15) is 0 Å². The molecule has 110 valence electrons. The maximum atomic E-state index is 5.46. The van der Waals surface area contributed by atoms with E-state index >= 15 is 0 Å². The number of fused-ring (bicyclic) bond motifs is 1. The maximum absolute atomic E-state index is 5.46. The smallest absolute Gasteiger partial charge is 0.0636 e. The van der Waals surface area contributed by atoms with Crippen molar-refractivity contribution in [3.63, 3.8) is 0 Å². The molecule has 1 atom stereocenters. The molecule has 1 saturated heterocycles. The number of nitrogens with zero attached hydrogens (tertiary/aromatic N) is 1. The highest BCUT2D eigenvalue weighted by atomic mass is 16.6. The van der Waals surface area contributed by atoms with Crippen LogP contribution in [-0.4, -0.2) is 44.4 Å². The Morgan fingerprint density at radius 3 is 2.65 bits per heavy atom. The number of ether oxygens (including phenoxy) is 1. The van der Waals surface area contributed by atoms with E-state index < -0.39 is 0 Å². The van der Waals surface area contributed by atoms with Crippen molar-refractivity contribution < 1.29 is 9.57 Å². The number of hydrogen-bond donors (Lipinski definition) is 1. The van der Waals surface area contributed by atoms with E-state index in [2.05, 4.69) is 28.6 Å². The Labute approximate surface area is 121 Å². The summed E-state index contributed by atoms with van der Waals surface area (Å²) in [7, 11) is 1.65. The van der Waals surface area contributed by atoms with E-state index in [4.69, 9.17) is 9.57 Å².